The van der Waals surface area contributed by atoms with Gasteiger partial charge in [0, 0.05) is 11.1 Å². The second kappa shape index (κ2) is 13.4. The van der Waals surface area contributed by atoms with E-state index in [2.05, 4.69) is 43.0 Å². The van der Waals surface area contributed by atoms with E-state index in [9.17, 15) is 8.78 Å². The molecule has 3 rings (SSSR count). The molecule has 0 atom stereocenters. The maximum absolute atomic E-state index is 13.3. The summed E-state index contributed by atoms with van der Waals surface area (Å²) in [6.07, 6.45) is 18.0. The van der Waals surface area contributed by atoms with Crippen LogP contribution >= 0.6 is 0 Å². The van der Waals surface area contributed by atoms with Gasteiger partial charge in [-0.05, 0) is 73.4 Å². The first-order chi connectivity index (χ1) is 15.7. The van der Waals surface area contributed by atoms with Crippen LogP contribution in [-0.2, 0) is 0 Å². The van der Waals surface area contributed by atoms with Crippen LogP contribution in [0.1, 0.15) is 113 Å². The van der Waals surface area contributed by atoms with E-state index in [1.807, 2.05) is 0 Å². The Morgan fingerprint density at radius 3 is 1.94 bits per heavy atom. The lowest BCUT2D eigenvalue weighted by Gasteiger charge is -2.29. The van der Waals surface area contributed by atoms with Gasteiger partial charge in [0.05, 0.1) is 0 Å². The number of hydrogen-bond donors (Lipinski definition) is 0. The molecule has 0 aliphatic heterocycles. The van der Waals surface area contributed by atoms with Crippen molar-refractivity contribution in [2.24, 2.45) is 5.92 Å². The van der Waals surface area contributed by atoms with Crippen LogP contribution in [0.25, 0.3) is 0 Å². The molecular weight excluding hydrogens is 398 g/mol. The highest BCUT2D eigenvalue weighted by molar-refractivity contribution is 5.44. The van der Waals surface area contributed by atoms with Crippen molar-refractivity contribution >= 4 is 0 Å². The van der Waals surface area contributed by atoms with Gasteiger partial charge in [-0.3, -0.25) is 0 Å². The third kappa shape index (κ3) is 8.09. The molecule has 0 amide bonds. The molecule has 1 aliphatic rings. The molecule has 32 heavy (non-hydrogen) atoms. The molecule has 1 saturated carbocycles. The average Bonchev–Trinajstić information content (AvgIpc) is 2.82. The van der Waals surface area contributed by atoms with Gasteiger partial charge < -0.3 is 0 Å². The van der Waals surface area contributed by atoms with E-state index in [0.29, 0.717) is 11.5 Å². The Kier molecular flexibility index (Phi) is 10.3. The average molecular weight is 437 g/mol. The molecular formula is C30H38F2. The monoisotopic (exact) mass is 436 g/mol. The Labute approximate surface area is 193 Å². The van der Waals surface area contributed by atoms with E-state index in [1.165, 1.54) is 95.1 Å². The van der Waals surface area contributed by atoms with Crippen LogP contribution < -0.4 is 0 Å². The highest BCUT2D eigenvalue weighted by Crippen LogP contribution is 2.37. The second-order valence-electron chi connectivity index (χ2n) is 9.48. The zero-order chi connectivity index (χ0) is 22.6. The minimum atomic E-state index is -0.856. The van der Waals surface area contributed by atoms with Crippen molar-refractivity contribution in [1.29, 1.82) is 0 Å². The minimum absolute atomic E-state index is 0.489. The van der Waals surface area contributed by atoms with Crippen molar-refractivity contribution < 1.29 is 8.78 Å². The fourth-order valence-corrected chi connectivity index (χ4v) is 4.91. The number of hydrogen-bond acceptors (Lipinski definition) is 0. The van der Waals surface area contributed by atoms with Gasteiger partial charge in [-0.2, -0.15) is 0 Å². The maximum atomic E-state index is 13.3. The van der Waals surface area contributed by atoms with Crippen LogP contribution in [0.5, 0.6) is 0 Å². The van der Waals surface area contributed by atoms with Crippen molar-refractivity contribution in [2.75, 3.05) is 0 Å². The van der Waals surface area contributed by atoms with Gasteiger partial charge in [0.25, 0.3) is 0 Å². The summed E-state index contributed by atoms with van der Waals surface area (Å²) in [7, 11) is 0. The first-order valence-electron chi connectivity index (χ1n) is 12.7. The summed E-state index contributed by atoms with van der Waals surface area (Å²) in [5, 5.41) is 0. The van der Waals surface area contributed by atoms with Gasteiger partial charge >= 0.3 is 0 Å². The largest absolute Gasteiger partial charge is 0.204 e. The topological polar surface area (TPSA) is 0 Å². The molecule has 0 radical (unpaired) electrons. The molecule has 2 aromatic rings. The molecule has 0 spiro atoms. The second-order valence-corrected chi connectivity index (χ2v) is 9.48. The van der Waals surface area contributed by atoms with Crippen LogP contribution in [0.3, 0.4) is 0 Å². The summed E-state index contributed by atoms with van der Waals surface area (Å²) >= 11 is 0. The van der Waals surface area contributed by atoms with Crippen molar-refractivity contribution in [3.05, 3.63) is 70.8 Å². The summed E-state index contributed by atoms with van der Waals surface area (Å²) in [6.45, 7) is 2.28. The zero-order valence-electron chi connectivity index (χ0n) is 19.6. The molecule has 0 saturated heterocycles. The Morgan fingerprint density at radius 1 is 0.688 bits per heavy atom. The third-order valence-electron chi connectivity index (χ3n) is 6.97. The summed E-state index contributed by atoms with van der Waals surface area (Å²) in [6, 6.07) is 12.3. The first-order valence-corrected chi connectivity index (χ1v) is 12.7. The van der Waals surface area contributed by atoms with Gasteiger partial charge in [-0.1, -0.05) is 88.7 Å². The highest BCUT2D eigenvalue weighted by Gasteiger charge is 2.21. The van der Waals surface area contributed by atoms with Crippen LogP contribution in [-0.4, -0.2) is 0 Å². The van der Waals surface area contributed by atoms with Gasteiger partial charge in [-0.15, -0.1) is 0 Å². The molecule has 0 unspecified atom stereocenters. The molecule has 0 heterocycles. The van der Waals surface area contributed by atoms with E-state index < -0.39 is 11.6 Å². The summed E-state index contributed by atoms with van der Waals surface area (Å²) in [5.74, 6) is 5.86. The molecule has 2 aromatic carbocycles. The summed E-state index contributed by atoms with van der Waals surface area (Å²) in [5.41, 5.74) is 2.80. The number of rotatable bonds is 10. The summed E-state index contributed by atoms with van der Waals surface area (Å²) < 4.78 is 26.3. The molecule has 0 N–H and O–H groups in total. The Balaban J connectivity index is 1.37. The van der Waals surface area contributed by atoms with Crippen LogP contribution in [0.15, 0.2) is 42.5 Å². The third-order valence-corrected chi connectivity index (χ3v) is 6.97. The zero-order valence-corrected chi connectivity index (χ0v) is 19.6. The molecule has 0 nitrogen and oxygen atoms in total. The number of benzene rings is 2. The van der Waals surface area contributed by atoms with E-state index in [0.717, 1.165) is 23.6 Å². The Hall–Kier alpha value is -2.14. The van der Waals surface area contributed by atoms with Crippen molar-refractivity contribution in [1.82, 2.24) is 0 Å². The molecule has 1 fully saturated rings. The lowest BCUT2D eigenvalue weighted by atomic mass is 9.77. The van der Waals surface area contributed by atoms with E-state index in [1.54, 1.807) is 0 Å². The van der Waals surface area contributed by atoms with E-state index >= 15 is 0 Å². The lowest BCUT2D eigenvalue weighted by molar-refractivity contribution is 0.301. The summed E-state index contributed by atoms with van der Waals surface area (Å²) in [4.78, 5) is 0. The number of halogens is 2. The van der Waals surface area contributed by atoms with E-state index in [4.69, 9.17) is 0 Å². The van der Waals surface area contributed by atoms with Gasteiger partial charge in [0.2, 0.25) is 0 Å². The minimum Gasteiger partial charge on any atom is -0.204 e. The SMILES string of the molecule is CCCCCCCCCC[C@H]1CC[C@H](c2ccc(C#Cc3ccc(F)c(F)c3)cc2)CC1. The maximum Gasteiger partial charge on any atom is 0.160 e. The fraction of sp³-hybridized carbons (Fsp3) is 0.533. The quantitative estimate of drug-likeness (QED) is 0.257. The molecule has 1 aliphatic carbocycles. The first kappa shape index (κ1) is 24.5. The van der Waals surface area contributed by atoms with Crippen molar-refractivity contribution in [3.63, 3.8) is 0 Å². The molecule has 0 bridgehead atoms. The standard InChI is InChI=1S/C30H38F2/c1-2-3-4-5-6-7-8-9-10-24-13-18-27(19-14-24)28-20-15-25(16-21-28)11-12-26-17-22-29(31)30(32)23-26/h15-17,20-24,27H,2-10,13-14,18-19H2,1H3/t24-,27-. The Morgan fingerprint density at radius 2 is 1.28 bits per heavy atom. The van der Waals surface area contributed by atoms with Crippen LogP contribution in [0, 0.1) is 29.4 Å². The van der Waals surface area contributed by atoms with Crippen molar-refractivity contribution in [3.8, 4) is 11.8 Å². The normalized spacial score (nSPS) is 18.2. The van der Waals surface area contributed by atoms with Gasteiger partial charge in [-0.25, -0.2) is 8.78 Å². The van der Waals surface area contributed by atoms with Crippen LogP contribution in [0.2, 0.25) is 0 Å². The van der Waals surface area contributed by atoms with Crippen LogP contribution in [0.4, 0.5) is 8.78 Å². The van der Waals surface area contributed by atoms with Gasteiger partial charge in [0.1, 0.15) is 0 Å². The highest BCUT2D eigenvalue weighted by atomic mass is 19.2. The van der Waals surface area contributed by atoms with E-state index in [-0.39, 0.29) is 0 Å². The smallest absolute Gasteiger partial charge is 0.160 e. The predicted octanol–water partition coefficient (Wildman–Crippen LogP) is 9.17. The molecule has 172 valence electrons. The predicted molar refractivity (Wildman–Crippen MR) is 131 cm³/mol. The fourth-order valence-electron chi connectivity index (χ4n) is 4.91. The molecule has 2 heteroatoms. The Bertz CT molecular complexity index is 864. The molecule has 0 aromatic heterocycles. The van der Waals surface area contributed by atoms with Crippen molar-refractivity contribution in [2.45, 2.75) is 96.3 Å². The lowest BCUT2D eigenvalue weighted by Crippen LogP contribution is -2.13. The number of unbranched alkanes of at least 4 members (excludes halogenated alkanes) is 7. The van der Waals surface area contributed by atoms with Gasteiger partial charge in [0.15, 0.2) is 11.6 Å².